The molecule has 0 aromatic heterocycles. The van der Waals surface area contributed by atoms with Gasteiger partial charge in [0.25, 0.3) is 0 Å². The zero-order valence-electron chi connectivity index (χ0n) is 10.2. The molecule has 0 aliphatic carbocycles. The number of ether oxygens (including phenoxy) is 1. The van der Waals surface area contributed by atoms with Gasteiger partial charge in [0, 0.05) is 12.0 Å². The van der Waals surface area contributed by atoms with Gasteiger partial charge in [0.15, 0.2) is 10.8 Å². The monoisotopic (exact) mass is 247 g/mol. The molecule has 0 unspecified atom stereocenters. The van der Waals surface area contributed by atoms with Crippen molar-refractivity contribution in [1.29, 1.82) is 5.39 Å². The van der Waals surface area contributed by atoms with E-state index < -0.39 is 5.95 Å². The van der Waals surface area contributed by atoms with E-state index in [0.29, 0.717) is 5.56 Å². The van der Waals surface area contributed by atoms with Gasteiger partial charge in [-0.15, -0.1) is 0 Å². The number of benzene rings is 1. The minimum absolute atomic E-state index is 0.0267. The summed E-state index contributed by atoms with van der Waals surface area (Å²) in [6, 6.07) is 8.80. The van der Waals surface area contributed by atoms with E-state index >= 15 is 0 Å². The van der Waals surface area contributed by atoms with Crippen LogP contribution in [0.5, 0.6) is 0 Å². The third-order valence-corrected chi connectivity index (χ3v) is 2.33. The lowest BCUT2D eigenvalue weighted by molar-refractivity contribution is 0.0951. The smallest absolute Gasteiger partial charge is 0.440 e. The van der Waals surface area contributed by atoms with Crippen LogP contribution >= 0.6 is 0 Å². The van der Waals surface area contributed by atoms with Gasteiger partial charge in [0.1, 0.15) is 0 Å². The van der Waals surface area contributed by atoms with Crippen LogP contribution in [0.2, 0.25) is 0 Å². The number of Topliss-reactive ketones (excluding diaryl/α,β-unsaturated/α-hetero) is 1. The van der Waals surface area contributed by atoms with E-state index in [2.05, 4.69) is 4.98 Å². The second kappa shape index (κ2) is 7.07. The zero-order valence-corrected chi connectivity index (χ0v) is 10.2. The SMILES string of the molecule is CCO/C(O)=C(/CCC(=O)c1ccccc1)[N+]#N. The van der Waals surface area contributed by atoms with Gasteiger partial charge in [-0.25, -0.2) is 0 Å². The molecule has 0 atom stereocenters. The lowest BCUT2D eigenvalue weighted by atomic mass is 10.1. The van der Waals surface area contributed by atoms with Crippen LogP contribution in [0.15, 0.2) is 42.0 Å². The highest BCUT2D eigenvalue weighted by Gasteiger charge is 2.22. The first-order valence-electron chi connectivity index (χ1n) is 5.67. The van der Waals surface area contributed by atoms with Gasteiger partial charge in [0.2, 0.25) is 5.39 Å². The molecule has 5 heteroatoms. The van der Waals surface area contributed by atoms with Crippen molar-refractivity contribution in [2.45, 2.75) is 19.8 Å². The van der Waals surface area contributed by atoms with Crippen LogP contribution in [0.4, 0.5) is 0 Å². The fraction of sp³-hybridized carbons (Fsp3) is 0.308. The summed E-state index contributed by atoms with van der Waals surface area (Å²) in [4.78, 5) is 14.7. The molecule has 0 heterocycles. The van der Waals surface area contributed by atoms with Crippen molar-refractivity contribution in [3.63, 3.8) is 0 Å². The topological polar surface area (TPSA) is 74.7 Å². The summed E-state index contributed by atoms with van der Waals surface area (Å²) in [5.74, 6) is -0.526. The number of carbonyl (C=O) groups is 1. The number of hydrogen-bond acceptors (Lipinski definition) is 4. The maximum absolute atomic E-state index is 11.8. The maximum Gasteiger partial charge on any atom is 0.440 e. The molecule has 1 aromatic rings. The van der Waals surface area contributed by atoms with Crippen LogP contribution in [0.3, 0.4) is 0 Å². The molecule has 1 aromatic carbocycles. The van der Waals surface area contributed by atoms with Crippen LogP contribution < -0.4 is 0 Å². The third kappa shape index (κ3) is 3.91. The van der Waals surface area contributed by atoms with Crippen molar-refractivity contribution in [2.75, 3.05) is 6.61 Å². The van der Waals surface area contributed by atoms with Crippen LogP contribution in [0.25, 0.3) is 4.98 Å². The number of nitrogens with zero attached hydrogens (tertiary/aromatic N) is 2. The fourth-order valence-corrected chi connectivity index (χ4v) is 1.42. The average Bonchev–Trinajstić information content (AvgIpc) is 2.40. The summed E-state index contributed by atoms with van der Waals surface area (Å²) in [5, 5.41) is 18.1. The first kappa shape index (κ1) is 13.7. The molecular weight excluding hydrogens is 232 g/mol. The molecular formula is C13H15N2O3+. The van der Waals surface area contributed by atoms with E-state index in [9.17, 15) is 9.90 Å². The van der Waals surface area contributed by atoms with Gasteiger partial charge >= 0.3 is 11.6 Å². The standard InChI is InChI=1S/C13H14N2O3/c1-2-18-13(17)11(15-14)8-9-12(16)10-6-4-3-5-7-10/h3-7H,2,8-9H2,1H3/p+1/b13-11-. The molecule has 0 bridgehead atoms. The lowest BCUT2D eigenvalue weighted by Gasteiger charge is -1.99. The van der Waals surface area contributed by atoms with E-state index in [-0.39, 0.29) is 30.9 Å². The number of carbonyl (C=O) groups excluding carboxylic acids is 1. The number of diazo groups is 1. The van der Waals surface area contributed by atoms with E-state index in [4.69, 9.17) is 10.1 Å². The van der Waals surface area contributed by atoms with Gasteiger partial charge in [-0.05, 0) is 6.92 Å². The Morgan fingerprint density at radius 3 is 2.56 bits per heavy atom. The summed E-state index contributed by atoms with van der Waals surface area (Å²) in [6.07, 6.45) is 0.261. The molecule has 5 nitrogen and oxygen atoms in total. The zero-order chi connectivity index (χ0) is 13.4. The number of rotatable bonds is 6. The predicted octanol–water partition coefficient (Wildman–Crippen LogP) is 3.27. The van der Waals surface area contributed by atoms with E-state index in [1.54, 1.807) is 31.2 Å². The van der Waals surface area contributed by atoms with Gasteiger partial charge in [-0.2, -0.15) is 0 Å². The number of aliphatic hydroxyl groups is 1. The van der Waals surface area contributed by atoms with Gasteiger partial charge in [0.05, 0.1) is 13.0 Å². The van der Waals surface area contributed by atoms with Gasteiger partial charge in [-0.1, -0.05) is 30.3 Å². The van der Waals surface area contributed by atoms with Crippen molar-refractivity contribution in [3.05, 3.63) is 52.5 Å². The van der Waals surface area contributed by atoms with E-state index in [1.165, 1.54) is 0 Å². The first-order valence-corrected chi connectivity index (χ1v) is 5.67. The highest BCUT2D eigenvalue weighted by Crippen LogP contribution is 2.14. The second-order valence-corrected chi connectivity index (χ2v) is 3.57. The summed E-state index contributed by atoms with van der Waals surface area (Å²) in [5.41, 5.74) is 0.562. The predicted molar refractivity (Wildman–Crippen MR) is 66.4 cm³/mol. The largest absolute Gasteiger partial charge is 0.475 e. The van der Waals surface area contributed by atoms with Crippen LogP contribution in [-0.2, 0) is 4.74 Å². The Bertz CT molecular complexity index is 475. The highest BCUT2D eigenvalue weighted by molar-refractivity contribution is 5.96. The Kier molecular flexibility index (Phi) is 5.39. The Balaban J connectivity index is 2.63. The molecule has 1 N–H and O–H groups in total. The molecule has 0 aliphatic heterocycles. The minimum atomic E-state index is -0.444. The summed E-state index contributed by atoms with van der Waals surface area (Å²) < 4.78 is 4.80. The summed E-state index contributed by atoms with van der Waals surface area (Å²) in [6.45, 7) is 1.96. The normalized spacial score (nSPS) is 11.3. The van der Waals surface area contributed by atoms with E-state index in [0.717, 1.165) is 0 Å². The van der Waals surface area contributed by atoms with Crippen LogP contribution in [0, 0.1) is 5.39 Å². The quantitative estimate of drug-likeness (QED) is 0.475. The molecule has 1 rings (SSSR count). The van der Waals surface area contributed by atoms with Crippen LogP contribution in [-0.4, -0.2) is 17.5 Å². The number of hydrogen-bond donors (Lipinski definition) is 1. The average molecular weight is 247 g/mol. The summed E-state index contributed by atoms with van der Waals surface area (Å²) >= 11 is 0. The Hall–Kier alpha value is -2.35. The number of aliphatic hydroxyl groups excluding tert-OH is 1. The molecule has 18 heavy (non-hydrogen) atoms. The van der Waals surface area contributed by atoms with Crippen molar-refractivity contribution < 1.29 is 14.6 Å². The molecule has 0 fully saturated rings. The van der Waals surface area contributed by atoms with Crippen molar-refractivity contribution >= 4 is 5.78 Å². The minimum Gasteiger partial charge on any atom is -0.475 e. The second-order valence-electron chi connectivity index (χ2n) is 3.57. The number of allylic oxidation sites excluding steroid dienone is 1. The number of ketones is 1. The first-order chi connectivity index (χ1) is 8.69. The van der Waals surface area contributed by atoms with Crippen molar-refractivity contribution in [1.82, 2.24) is 0 Å². The molecule has 94 valence electrons. The molecule has 0 aliphatic rings. The maximum atomic E-state index is 11.8. The molecule has 0 spiro atoms. The Labute approximate surface area is 105 Å². The molecule has 0 saturated heterocycles. The van der Waals surface area contributed by atoms with E-state index in [1.807, 2.05) is 6.07 Å². The summed E-state index contributed by atoms with van der Waals surface area (Å²) in [7, 11) is 0. The Morgan fingerprint density at radius 1 is 1.33 bits per heavy atom. The lowest BCUT2D eigenvalue weighted by Crippen LogP contribution is -2.01. The van der Waals surface area contributed by atoms with Crippen molar-refractivity contribution in [3.8, 4) is 0 Å². The molecule has 0 saturated carbocycles. The fourth-order valence-electron chi connectivity index (χ4n) is 1.42. The van der Waals surface area contributed by atoms with Crippen molar-refractivity contribution in [2.24, 2.45) is 0 Å². The molecule has 0 radical (unpaired) electrons. The highest BCUT2D eigenvalue weighted by atomic mass is 16.6. The van der Waals surface area contributed by atoms with Crippen LogP contribution in [0.1, 0.15) is 30.1 Å². The van der Waals surface area contributed by atoms with Gasteiger partial charge in [-0.3, -0.25) is 4.79 Å². The third-order valence-electron chi connectivity index (χ3n) is 2.33. The Morgan fingerprint density at radius 2 is 2.00 bits per heavy atom. The molecule has 0 amide bonds. The van der Waals surface area contributed by atoms with Gasteiger partial charge < -0.3 is 9.84 Å².